The molecule has 1 aliphatic carbocycles. The molecule has 1 saturated carbocycles. The minimum absolute atomic E-state index is 0.00657. The van der Waals surface area contributed by atoms with Crippen molar-refractivity contribution in [3.05, 3.63) is 23.8 Å². The third kappa shape index (κ3) is 2.74. The first-order chi connectivity index (χ1) is 9.56. The molecule has 4 heteroatoms. The Morgan fingerprint density at radius 1 is 1.35 bits per heavy atom. The number of ether oxygens (including phenoxy) is 1. The number of methoxy groups -OCH3 is 1. The van der Waals surface area contributed by atoms with E-state index in [-0.39, 0.29) is 5.91 Å². The summed E-state index contributed by atoms with van der Waals surface area (Å²) >= 11 is 0. The maximum atomic E-state index is 12.7. The lowest BCUT2D eigenvalue weighted by Crippen LogP contribution is -2.42. The van der Waals surface area contributed by atoms with Crippen LogP contribution in [0.4, 0.5) is 5.69 Å². The van der Waals surface area contributed by atoms with E-state index in [1.807, 2.05) is 11.9 Å². The van der Waals surface area contributed by atoms with Gasteiger partial charge in [0, 0.05) is 13.1 Å². The SMILES string of the molecule is COc1c(N)cccc1C(=O)N(C)C1CCCCC1C. The Bertz CT molecular complexity index is 487. The van der Waals surface area contributed by atoms with Crippen LogP contribution < -0.4 is 10.5 Å². The van der Waals surface area contributed by atoms with Gasteiger partial charge in [0.15, 0.2) is 5.75 Å². The maximum absolute atomic E-state index is 12.7. The number of hydrogen-bond acceptors (Lipinski definition) is 3. The molecule has 0 aliphatic heterocycles. The molecule has 0 radical (unpaired) electrons. The number of rotatable bonds is 3. The van der Waals surface area contributed by atoms with Gasteiger partial charge in [-0.15, -0.1) is 0 Å². The first-order valence-corrected chi connectivity index (χ1v) is 7.26. The van der Waals surface area contributed by atoms with E-state index < -0.39 is 0 Å². The number of nitrogen functional groups attached to an aromatic ring is 1. The summed E-state index contributed by atoms with van der Waals surface area (Å²) in [5.41, 5.74) is 6.93. The van der Waals surface area contributed by atoms with Gasteiger partial charge in [-0.3, -0.25) is 4.79 Å². The van der Waals surface area contributed by atoms with Gasteiger partial charge in [-0.1, -0.05) is 25.8 Å². The third-order valence-electron chi connectivity index (χ3n) is 4.36. The van der Waals surface area contributed by atoms with Crippen molar-refractivity contribution >= 4 is 11.6 Å². The second-order valence-electron chi connectivity index (χ2n) is 5.67. The van der Waals surface area contributed by atoms with Crippen LogP contribution in [-0.4, -0.2) is 31.0 Å². The fourth-order valence-corrected chi connectivity index (χ4v) is 3.16. The largest absolute Gasteiger partial charge is 0.494 e. The molecule has 1 aromatic rings. The van der Waals surface area contributed by atoms with Crippen LogP contribution in [0.5, 0.6) is 5.75 Å². The highest BCUT2D eigenvalue weighted by Crippen LogP contribution is 2.31. The van der Waals surface area contributed by atoms with Gasteiger partial charge in [0.05, 0.1) is 18.4 Å². The number of carbonyl (C=O) groups excluding carboxylic acids is 1. The first kappa shape index (κ1) is 14.7. The van der Waals surface area contributed by atoms with Gasteiger partial charge in [0.1, 0.15) is 0 Å². The predicted octanol–water partition coefficient (Wildman–Crippen LogP) is 2.93. The molecule has 110 valence electrons. The summed E-state index contributed by atoms with van der Waals surface area (Å²) in [7, 11) is 3.43. The Hall–Kier alpha value is -1.71. The molecule has 0 aromatic heterocycles. The lowest BCUT2D eigenvalue weighted by Gasteiger charge is -2.36. The molecular weight excluding hydrogens is 252 g/mol. The number of benzene rings is 1. The monoisotopic (exact) mass is 276 g/mol. The molecule has 2 N–H and O–H groups in total. The third-order valence-corrected chi connectivity index (χ3v) is 4.36. The number of carbonyl (C=O) groups is 1. The van der Waals surface area contributed by atoms with Crippen molar-refractivity contribution in [2.75, 3.05) is 19.9 Å². The van der Waals surface area contributed by atoms with Gasteiger partial charge < -0.3 is 15.4 Å². The molecule has 2 unspecified atom stereocenters. The van der Waals surface area contributed by atoms with Crippen LogP contribution in [-0.2, 0) is 0 Å². The summed E-state index contributed by atoms with van der Waals surface area (Å²) < 4.78 is 5.29. The summed E-state index contributed by atoms with van der Waals surface area (Å²) in [6.07, 6.45) is 4.73. The second kappa shape index (κ2) is 6.16. The molecule has 20 heavy (non-hydrogen) atoms. The zero-order valence-corrected chi connectivity index (χ0v) is 12.6. The highest BCUT2D eigenvalue weighted by Gasteiger charge is 2.29. The summed E-state index contributed by atoms with van der Waals surface area (Å²) in [5.74, 6) is 1.02. The van der Waals surface area contributed by atoms with Gasteiger partial charge in [0.25, 0.3) is 5.91 Å². The Morgan fingerprint density at radius 3 is 2.70 bits per heavy atom. The van der Waals surface area contributed by atoms with Crippen molar-refractivity contribution in [2.45, 2.75) is 38.6 Å². The molecule has 4 nitrogen and oxygen atoms in total. The van der Waals surface area contributed by atoms with E-state index in [0.717, 1.165) is 6.42 Å². The summed E-state index contributed by atoms with van der Waals surface area (Å²) in [6, 6.07) is 5.63. The lowest BCUT2D eigenvalue weighted by atomic mass is 9.85. The van der Waals surface area contributed by atoms with E-state index in [0.29, 0.717) is 29.0 Å². The van der Waals surface area contributed by atoms with E-state index in [1.54, 1.807) is 25.3 Å². The van der Waals surface area contributed by atoms with Crippen LogP contribution in [0.15, 0.2) is 18.2 Å². The van der Waals surface area contributed by atoms with Gasteiger partial charge in [-0.05, 0) is 30.9 Å². The maximum Gasteiger partial charge on any atom is 0.257 e. The topological polar surface area (TPSA) is 55.6 Å². The molecule has 0 saturated heterocycles. The number of nitrogens with two attached hydrogens (primary N) is 1. The van der Waals surface area contributed by atoms with Crippen LogP contribution >= 0.6 is 0 Å². The van der Waals surface area contributed by atoms with E-state index in [1.165, 1.54) is 19.3 Å². The van der Waals surface area contributed by atoms with Crippen molar-refractivity contribution in [2.24, 2.45) is 5.92 Å². The van der Waals surface area contributed by atoms with E-state index in [2.05, 4.69) is 6.92 Å². The first-order valence-electron chi connectivity index (χ1n) is 7.26. The molecular formula is C16H24N2O2. The number of anilines is 1. The molecule has 0 heterocycles. The average molecular weight is 276 g/mol. The van der Waals surface area contributed by atoms with Crippen LogP contribution in [0.25, 0.3) is 0 Å². The average Bonchev–Trinajstić information content (AvgIpc) is 2.46. The standard InChI is InChI=1S/C16H24N2O2/c1-11-7-4-5-10-14(11)18(2)16(19)12-8-6-9-13(17)15(12)20-3/h6,8-9,11,14H,4-5,7,10,17H2,1-3H3. The number of hydrogen-bond donors (Lipinski definition) is 1. The predicted molar refractivity (Wildman–Crippen MR) is 80.9 cm³/mol. The quantitative estimate of drug-likeness (QED) is 0.864. The van der Waals surface area contributed by atoms with Crippen molar-refractivity contribution in [1.29, 1.82) is 0 Å². The lowest BCUT2D eigenvalue weighted by molar-refractivity contribution is 0.0626. The molecule has 2 rings (SSSR count). The fraction of sp³-hybridized carbons (Fsp3) is 0.562. The summed E-state index contributed by atoms with van der Waals surface area (Å²) in [4.78, 5) is 14.6. The van der Waals surface area contributed by atoms with E-state index >= 15 is 0 Å². The van der Waals surface area contributed by atoms with Gasteiger partial charge in [-0.25, -0.2) is 0 Å². The van der Waals surface area contributed by atoms with Crippen molar-refractivity contribution in [3.63, 3.8) is 0 Å². The smallest absolute Gasteiger partial charge is 0.257 e. The van der Waals surface area contributed by atoms with Crippen LogP contribution in [0.3, 0.4) is 0 Å². The highest BCUT2D eigenvalue weighted by atomic mass is 16.5. The summed E-state index contributed by atoms with van der Waals surface area (Å²) in [5, 5.41) is 0. The number of amides is 1. The normalized spacial score (nSPS) is 22.4. The minimum Gasteiger partial charge on any atom is -0.494 e. The Labute approximate surface area is 120 Å². The molecule has 1 aliphatic rings. The number of para-hydroxylation sites is 1. The van der Waals surface area contributed by atoms with E-state index in [4.69, 9.17) is 10.5 Å². The molecule has 1 fully saturated rings. The molecule has 1 amide bonds. The minimum atomic E-state index is -0.00657. The number of nitrogens with zero attached hydrogens (tertiary/aromatic N) is 1. The van der Waals surface area contributed by atoms with Gasteiger partial charge in [-0.2, -0.15) is 0 Å². The zero-order valence-electron chi connectivity index (χ0n) is 12.6. The molecule has 0 spiro atoms. The molecule has 0 bridgehead atoms. The molecule has 1 aromatic carbocycles. The second-order valence-corrected chi connectivity index (χ2v) is 5.67. The highest BCUT2D eigenvalue weighted by molar-refractivity contribution is 5.98. The van der Waals surface area contributed by atoms with Crippen LogP contribution in [0, 0.1) is 5.92 Å². The van der Waals surface area contributed by atoms with Crippen molar-refractivity contribution in [3.8, 4) is 5.75 Å². The Morgan fingerprint density at radius 2 is 2.05 bits per heavy atom. The van der Waals surface area contributed by atoms with Crippen molar-refractivity contribution < 1.29 is 9.53 Å². The van der Waals surface area contributed by atoms with E-state index in [9.17, 15) is 4.79 Å². The van der Waals surface area contributed by atoms with Crippen LogP contribution in [0.2, 0.25) is 0 Å². The fourth-order valence-electron chi connectivity index (χ4n) is 3.16. The van der Waals surface area contributed by atoms with Gasteiger partial charge in [0.2, 0.25) is 0 Å². The van der Waals surface area contributed by atoms with Crippen molar-refractivity contribution in [1.82, 2.24) is 4.90 Å². The van der Waals surface area contributed by atoms with Crippen LogP contribution in [0.1, 0.15) is 43.0 Å². The Balaban J connectivity index is 2.24. The van der Waals surface area contributed by atoms with Gasteiger partial charge >= 0.3 is 0 Å². The summed E-state index contributed by atoms with van der Waals surface area (Å²) in [6.45, 7) is 2.23. The Kier molecular flexibility index (Phi) is 4.53. The zero-order chi connectivity index (χ0) is 14.7. The molecule has 2 atom stereocenters.